The third-order valence-corrected chi connectivity index (χ3v) is 3.72. The molecule has 2 rings (SSSR count). The fraction of sp³-hybridized carbons (Fsp3) is 0.571. The van der Waals surface area contributed by atoms with Crippen LogP contribution in [0.5, 0.6) is 0 Å². The number of aromatic nitrogens is 1. The van der Waals surface area contributed by atoms with Gasteiger partial charge in [-0.05, 0) is 18.9 Å². The number of pyridine rings is 1. The molecule has 2 unspecified atom stereocenters. The van der Waals surface area contributed by atoms with Gasteiger partial charge in [0.2, 0.25) is 5.56 Å². The standard InChI is InChI=1S/C14H21N3O2/c1-3-10-9-17(11(4-2)8-15-10)14(19)12-6-5-7-13(18)16-12/h5-7,10-11,15H,3-4,8-9H2,1-2H3,(H,16,18). The van der Waals surface area contributed by atoms with Crippen molar-refractivity contribution in [2.24, 2.45) is 0 Å². The van der Waals surface area contributed by atoms with Crippen LogP contribution in [-0.2, 0) is 0 Å². The van der Waals surface area contributed by atoms with Gasteiger partial charge in [0.1, 0.15) is 5.69 Å². The number of hydrogen-bond acceptors (Lipinski definition) is 3. The molecule has 0 aliphatic carbocycles. The van der Waals surface area contributed by atoms with Crippen molar-refractivity contribution >= 4 is 5.91 Å². The molecular weight excluding hydrogens is 242 g/mol. The van der Waals surface area contributed by atoms with Gasteiger partial charge in [-0.15, -0.1) is 0 Å². The van der Waals surface area contributed by atoms with Crippen molar-refractivity contribution in [3.8, 4) is 0 Å². The third kappa shape index (κ3) is 3.04. The van der Waals surface area contributed by atoms with E-state index >= 15 is 0 Å². The molecule has 1 amide bonds. The summed E-state index contributed by atoms with van der Waals surface area (Å²) >= 11 is 0. The molecule has 0 spiro atoms. The molecule has 0 saturated carbocycles. The highest BCUT2D eigenvalue weighted by atomic mass is 16.2. The molecule has 2 atom stereocenters. The molecule has 2 heterocycles. The van der Waals surface area contributed by atoms with Crippen LogP contribution < -0.4 is 10.9 Å². The summed E-state index contributed by atoms with van der Waals surface area (Å²) in [6.07, 6.45) is 1.90. The number of carbonyl (C=O) groups excluding carboxylic acids is 1. The second-order valence-electron chi connectivity index (χ2n) is 4.96. The molecular formula is C14H21N3O2. The van der Waals surface area contributed by atoms with Crippen LogP contribution in [0.15, 0.2) is 23.0 Å². The maximum atomic E-state index is 12.5. The smallest absolute Gasteiger partial charge is 0.270 e. The third-order valence-electron chi connectivity index (χ3n) is 3.72. The second-order valence-corrected chi connectivity index (χ2v) is 4.96. The Hall–Kier alpha value is -1.62. The van der Waals surface area contributed by atoms with E-state index in [-0.39, 0.29) is 17.5 Å². The van der Waals surface area contributed by atoms with Gasteiger partial charge in [0.25, 0.3) is 5.91 Å². The average Bonchev–Trinajstić information content (AvgIpc) is 2.45. The van der Waals surface area contributed by atoms with Crippen LogP contribution in [0, 0.1) is 0 Å². The maximum absolute atomic E-state index is 12.5. The lowest BCUT2D eigenvalue weighted by Crippen LogP contribution is -2.58. The number of nitrogens with zero attached hydrogens (tertiary/aromatic N) is 1. The highest BCUT2D eigenvalue weighted by Gasteiger charge is 2.30. The zero-order valence-corrected chi connectivity index (χ0v) is 11.5. The molecule has 1 aliphatic rings. The van der Waals surface area contributed by atoms with Crippen molar-refractivity contribution in [1.82, 2.24) is 15.2 Å². The topological polar surface area (TPSA) is 65.2 Å². The Morgan fingerprint density at radius 3 is 2.79 bits per heavy atom. The molecule has 1 fully saturated rings. The summed E-state index contributed by atoms with van der Waals surface area (Å²) in [5.41, 5.74) is 0.142. The fourth-order valence-corrected chi connectivity index (χ4v) is 2.48. The van der Waals surface area contributed by atoms with E-state index in [2.05, 4.69) is 24.1 Å². The molecule has 104 valence electrons. The van der Waals surface area contributed by atoms with E-state index in [1.807, 2.05) is 4.90 Å². The first-order valence-corrected chi connectivity index (χ1v) is 6.89. The van der Waals surface area contributed by atoms with Crippen LogP contribution in [0.25, 0.3) is 0 Å². The number of rotatable bonds is 3. The number of piperazine rings is 1. The van der Waals surface area contributed by atoms with Gasteiger partial charge in [-0.25, -0.2) is 0 Å². The van der Waals surface area contributed by atoms with E-state index in [4.69, 9.17) is 0 Å². The van der Waals surface area contributed by atoms with Crippen LogP contribution in [-0.4, -0.2) is 41.0 Å². The maximum Gasteiger partial charge on any atom is 0.270 e. The quantitative estimate of drug-likeness (QED) is 0.854. The van der Waals surface area contributed by atoms with E-state index in [9.17, 15) is 9.59 Å². The monoisotopic (exact) mass is 263 g/mol. The molecule has 5 heteroatoms. The molecule has 0 bridgehead atoms. The zero-order chi connectivity index (χ0) is 13.8. The van der Waals surface area contributed by atoms with Crippen molar-refractivity contribution in [1.29, 1.82) is 0 Å². The largest absolute Gasteiger partial charge is 0.332 e. The minimum Gasteiger partial charge on any atom is -0.332 e. The molecule has 0 radical (unpaired) electrons. The van der Waals surface area contributed by atoms with Gasteiger partial charge in [-0.1, -0.05) is 19.9 Å². The van der Waals surface area contributed by atoms with Crippen LogP contribution in [0.1, 0.15) is 37.2 Å². The van der Waals surface area contributed by atoms with Gasteiger partial charge < -0.3 is 15.2 Å². The molecule has 2 N–H and O–H groups in total. The Labute approximate surface area is 113 Å². The summed E-state index contributed by atoms with van der Waals surface area (Å²) in [5.74, 6) is -0.0792. The minimum atomic E-state index is -0.235. The predicted molar refractivity (Wildman–Crippen MR) is 74.3 cm³/mol. The van der Waals surface area contributed by atoms with E-state index in [1.165, 1.54) is 6.07 Å². The number of H-pyrrole nitrogens is 1. The molecule has 0 aromatic carbocycles. The molecule has 5 nitrogen and oxygen atoms in total. The van der Waals surface area contributed by atoms with Crippen molar-refractivity contribution in [2.75, 3.05) is 13.1 Å². The number of amides is 1. The van der Waals surface area contributed by atoms with Crippen LogP contribution in [0.4, 0.5) is 0 Å². The van der Waals surface area contributed by atoms with Gasteiger partial charge >= 0.3 is 0 Å². The molecule has 1 aromatic heterocycles. The van der Waals surface area contributed by atoms with Crippen molar-refractivity contribution < 1.29 is 4.79 Å². The minimum absolute atomic E-state index is 0.0792. The van der Waals surface area contributed by atoms with Crippen LogP contribution in [0.3, 0.4) is 0 Å². The first-order valence-electron chi connectivity index (χ1n) is 6.89. The van der Waals surface area contributed by atoms with Crippen molar-refractivity contribution in [3.05, 3.63) is 34.2 Å². The predicted octanol–water partition coefficient (Wildman–Crippen LogP) is 0.978. The van der Waals surface area contributed by atoms with Gasteiger partial charge in [-0.3, -0.25) is 9.59 Å². The summed E-state index contributed by atoms with van der Waals surface area (Å²) in [5, 5.41) is 3.45. The van der Waals surface area contributed by atoms with E-state index in [0.717, 1.165) is 19.4 Å². The zero-order valence-electron chi connectivity index (χ0n) is 11.5. The lowest BCUT2D eigenvalue weighted by molar-refractivity contribution is 0.0569. The summed E-state index contributed by atoms with van der Waals surface area (Å²) < 4.78 is 0. The first-order chi connectivity index (χ1) is 9.15. The number of hydrogen-bond donors (Lipinski definition) is 2. The van der Waals surface area contributed by atoms with Gasteiger partial charge in [0.15, 0.2) is 0 Å². The Bertz CT molecular complexity index is 497. The Morgan fingerprint density at radius 1 is 1.37 bits per heavy atom. The van der Waals surface area contributed by atoms with Crippen molar-refractivity contribution in [2.45, 2.75) is 38.8 Å². The molecule has 1 saturated heterocycles. The van der Waals surface area contributed by atoms with Gasteiger partial charge in [-0.2, -0.15) is 0 Å². The Balaban J connectivity index is 2.21. The van der Waals surface area contributed by atoms with Gasteiger partial charge in [0, 0.05) is 31.2 Å². The second kappa shape index (κ2) is 6.02. The highest BCUT2D eigenvalue weighted by molar-refractivity contribution is 5.92. The van der Waals surface area contributed by atoms with Crippen LogP contribution in [0.2, 0.25) is 0 Å². The summed E-state index contributed by atoms with van der Waals surface area (Å²) in [6, 6.07) is 5.23. The summed E-state index contributed by atoms with van der Waals surface area (Å²) in [4.78, 5) is 28.3. The summed E-state index contributed by atoms with van der Waals surface area (Å²) in [7, 11) is 0. The fourth-order valence-electron chi connectivity index (χ4n) is 2.48. The Morgan fingerprint density at radius 2 is 2.16 bits per heavy atom. The van der Waals surface area contributed by atoms with Crippen LogP contribution >= 0.6 is 0 Å². The SMILES string of the molecule is CCC1CN(C(=O)c2cccc(=O)[nH]2)C(CC)CN1. The lowest BCUT2D eigenvalue weighted by atomic mass is 10.0. The number of nitrogens with one attached hydrogen (secondary N) is 2. The van der Waals surface area contributed by atoms with Gasteiger partial charge in [0.05, 0.1) is 0 Å². The molecule has 1 aromatic rings. The van der Waals surface area contributed by atoms with Crippen molar-refractivity contribution in [3.63, 3.8) is 0 Å². The summed E-state index contributed by atoms with van der Waals surface area (Å²) in [6.45, 7) is 5.70. The Kier molecular flexibility index (Phi) is 4.37. The van der Waals surface area contributed by atoms with E-state index < -0.39 is 0 Å². The number of aromatic amines is 1. The molecule has 1 aliphatic heterocycles. The first kappa shape index (κ1) is 13.8. The number of carbonyl (C=O) groups is 1. The highest BCUT2D eigenvalue weighted by Crippen LogP contribution is 2.14. The van der Waals surface area contributed by atoms with E-state index in [0.29, 0.717) is 18.3 Å². The normalized spacial score (nSPS) is 23.4. The average molecular weight is 263 g/mol. The van der Waals surface area contributed by atoms with E-state index in [1.54, 1.807) is 12.1 Å². The lowest BCUT2D eigenvalue weighted by Gasteiger charge is -2.39. The molecule has 19 heavy (non-hydrogen) atoms.